The van der Waals surface area contributed by atoms with Crippen molar-refractivity contribution in [3.8, 4) is 6.07 Å². The van der Waals surface area contributed by atoms with Gasteiger partial charge in [0.15, 0.2) is 0 Å². The van der Waals surface area contributed by atoms with E-state index < -0.39 is 169 Å². The van der Waals surface area contributed by atoms with Crippen LogP contribution in [0.3, 0.4) is 0 Å². The van der Waals surface area contributed by atoms with Crippen LogP contribution in [0.2, 0.25) is 0 Å². The zero-order chi connectivity index (χ0) is 78.3. The molecule has 6 amide bonds. The molecule has 20 unspecified atom stereocenters. The van der Waals surface area contributed by atoms with Gasteiger partial charge in [0, 0.05) is 98.4 Å². The summed E-state index contributed by atoms with van der Waals surface area (Å²) in [5.74, 6) is 0.509. The number of amides is 6. The Morgan fingerprint density at radius 2 is 0.657 bits per heavy atom. The third-order valence-electron chi connectivity index (χ3n) is 15.5. The molecule has 4 saturated heterocycles. The average Bonchev–Trinajstić information content (AvgIpc) is 0.843. The number of thioether (sulfide) groups is 6. The molecule has 4 fully saturated rings. The molecule has 0 aromatic heterocycles. The number of ether oxygens (including phenoxy) is 4. The Morgan fingerprint density at radius 1 is 0.419 bits per heavy atom. The van der Waals surface area contributed by atoms with E-state index in [1.165, 1.54) is 18.8 Å². The van der Waals surface area contributed by atoms with E-state index in [9.17, 15) is 110 Å². The fourth-order valence-electron chi connectivity index (χ4n) is 9.65. The molecule has 606 valence electrons. The first-order valence-corrected chi connectivity index (χ1v) is 39.7. The second-order valence-corrected chi connectivity index (χ2v) is 29.6. The molecule has 4 heterocycles. The second kappa shape index (κ2) is 60.6. The molecular weight excluding hydrogens is 1520 g/mol. The molecule has 46 heteroatoms. The van der Waals surface area contributed by atoms with E-state index in [0.717, 1.165) is 59.9 Å². The Bertz CT molecular complexity index is 2350. The summed E-state index contributed by atoms with van der Waals surface area (Å²) in [6.07, 6.45) is -20.4. The van der Waals surface area contributed by atoms with Crippen LogP contribution in [0, 0.1) is 11.3 Å². The van der Waals surface area contributed by atoms with E-state index in [4.69, 9.17) is 35.0 Å². The first kappa shape index (κ1) is 103. The van der Waals surface area contributed by atoms with Crippen LogP contribution in [0.25, 0.3) is 0 Å². The molecule has 39 nitrogen and oxygen atoms in total. The maximum Gasteiger partial charge on any atom is 1.00 e. The van der Waals surface area contributed by atoms with Crippen LogP contribution in [-0.2, 0) is 47.7 Å². The third kappa shape index (κ3) is 40.3. The van der Waals surface area contributed by atoms with Crippen molar-refractivity contribution in [1.29, 1.82) is 5.26 Å². The van der Waals surface area contributed by atoms with Crippen molar-refractivity contribution in [3.05, 3.63) is 0 Å². The molecule has 105 heavy (non-hydrogen) atoms. The van der Waals surface area contributed by atoms with Crippen LogP contribution < -0.4 is 78.0 Å². The summed E-state index contributed by atoms with van der Waals surface area (Å²) in [4.78, 5) is 82.3. The summed E-state index contributed by atoms with van der Waals surface area (Å²) < 4.78 is 21.6. The van der Waals surface area contributed by atoms with Gasteiger partial charge in [-0.1, -0.05) is 0 Å². The average molecular weight is 1640 g/mol. The van der Waals surface area contributed by atoms with Crippen molar-refractivity contribution in [2.75, 3.05) is 172 Å². The first-order valence-electron chi connectivity index (χ1n) is 33.2. The Labute approximate surface area is 658 Å². The van der Waals surface area contributed by atoms with E-state index in [1.54, 1.807) is 18.8 Å². The van der Waals surface area contributed by atoms with Gasteiger partial charge in [0.1, 0.15) is 125 Å². The molecule has 0 saturated carbocycles. The van der Waals surface area contributed by atoms with E-state index in [-0.39, 0.29) is 90.6 Å². The summed E-state index contributed by atoms with van der Waals surface area (Å²) in [7, 11) is 3.87. The Hall–Kier alpha value is -2.08. The number of carbonyl (C=O) groups excluding carboxylic acids is 6. The molecule has 0 bridgehead atoms. The van der Waals surface area contributed by atoms with Gasteiger partial charge in [0.05, 0.1) is 67.0 Å². The van der Waals surface area contributed by atoms with Gasteiger partial charge in [-0.25, -0.2) is 0 Å². The predicted molar refractivity (Wildman–Crippen MR) is 388 cm³/mol. The standard InChI is InChI=1S/C29H54N6O13S3.C28H49N5O13S3.CH5N.CH3O.Na/c1-31-18(30)13-49-10-2-3-19(38)32-4-7-35(8-5-33-20(39)14-50-28-26(45)24(43)22(41)16(11-36)47-28)9-6-34-21(40)15-51-29-27(46)25(44)23(42)17(12-37)48-29;29-3-11-47-10-1-2-18(36)30-4-7-33(8-5-31-19(37)14-48-27-25(43)23(41)21(39)16(12-34)45-27)9-6-32-20(38)15-49-28-26(44)24(42)22(40)17(13-35)46-28;2*1-2;/h16-17,22-29,36-37,41-46H,2-15H2,1H3,(H2,30,31)(H,32,38)(H,33,39)(H,34,40);16-17,21-28,34-35,39-44H,1-2,4-15H2,(H,30,36)(H,31,37)(H,32,38);2H2,1H3;1H3;/q;;;-1;+1. The van der Waals surface area contributed by atoms with Crippen molar-refractivity contribution in [1.82, 2.24) is 41.7 Å². The van der Waals surface area contributed by atoms with Gasteiger partial charge in [0.2, 0.25) is 35.4 Å². The number of hydrogen-bond acceptors (Lipinski definition) is 38. The third-order valence-corrected chi connectivity index (χ3v) is 22.1. The molecule has 0 spiro atoms. The van der Waals surface area contributed by atoms with Gasteiger partial charge in [-0.2, -0.15) is 24.1 Å². The maximum atomic E-state index is 12.5. The zero-order valence-electron chi connectivity index (χ0n) is 59.4. The molecule has 4 aliphatic rings. The molecule has 0 aromatic carbocycles. The Balaban J connectivity index is 0.00000195. The minimum absolute atomic E-state index is 0. The molecule has 20 atom stereocenters. The number of carbonyl (C=O) groups is 6. The number of rotatable bonds is 45. The molecular formula is C59H111N12NaO27S6. The number of aliphatic hydroxyl groups excluding tert-OH is 16. The predicted octanol–water partition coefficient (Wildman–Crippen LogP) is -15.5. The van der Waals surface area contributed by atoms with Crippen molar-refractivity contribution in [2.24, 2.45) is 16.5 Å². The number of nitrogens with one attached hydrogen (secondary N) is 6. The van der Waals surface area contributed by atoms with Crippen LogP contribution in [0.1, 0.15) is 25.7 Å². The zero-order valence-corrected chi connectivity index (χ0v) is 66.3. The van der Waals surface area contributed by atoms with Gasteiger partial charge < -0.3 is 149 Å². The minimum Gasteiger partial charge on any atom is -0.857 e. The largest absolute Gasteiger partial charge is 1.00 e. The normalized spacial score (nSPS) is 28.6. The molecule has 4 aliphatic heterocycles. The monoisotopic (exact) mass is 1630 g/mol. The first-order chi connectivity index (χ1) is 49.7. The summed E-state index contributed by atoms with van der Waals surface area (Å²) in [5.41, 5.74) is 5.98. The van der Waals surface area contributed by atoms with Gasteiger partial charge >= 0.3 is 29.6 Å². The SMILES string of the molecule is CN.CN=C(N)CSCCCC(=O)NCCN(CCNC(=O)CSC1OC(CO)C(O)C(O)C1O)CCNC(=O)CSC1OC(CO)C(O)C(O)C1O.C[O-].N#CCSCCCC(=O)NCCN(CCNC(=O)CSC1OC(CO)C(O)C(O)C1O)CCNC(=O)CSC1OC(CO)C(O)C(O)C1O.[Na+]. The number of amidine groups is 1. The number of aliphatic imine (C=N–C) groups is 1. The van der Waals surface area contributed by atoms with Gasteiger partial charge in [-0.15, -0.1) is 58.8 Å². The van der Waals surface area contributed by atoms with Crippen LogP contribution >= 0.6 is 70.6 Å². The fourth-order valence-corrected chi connectivity index (χ4v) is 15.1. The van der Waals surface area contributed by atoms with Crippen molar-refractivity contribution < 1.29 is 164 Å². The molecule has 0 aromatic rings. The number of nitriles is 1. The summed E-state index contributed by atoms with van der Waals surface area (Å²) in [5, 5.41) is 191. The van der Waals surface area contributed by atoms with E-state index in [0.29, 0.717) is 101 Å². The smallest absolute Gasteiger partial charge is 0.857 e. The topological polar surface area (TPSA) is 653 Å². The Kier molecular flexibility index (Phi) is 59.4. The second-order valence-electron chi connectivity index (χ2n) is 23.0. The number of nitrogens with zero attached hydrogens (tertiary/aromatic N) is 4. The van der Waals surface area contributed by atoms with Gasteiger partial charge in [0.25, 0.3) is 0 Å². The van der Waals surface area contributed by atoms with Crippen LogP contribution in [0.15, 0.2) is 4.99 Å². The van der Waals surface area contributed by atoms with Crippen LogP contribution in [-0.4, -0.2) is 424 Å². The quantitative estimate of drug-likeness (QED) is 0.0116. The van der Waals surface area contributed by atoms with E-state index in [1.807, 2.05) is 15.9 Å². The van der Waals surface area contributed by atoms with E-state index >= 15 is 0 Å². The van der Waals surface area contributed by atoms with Crippen LogP contribution in [0.4, 0.5) is 0 Å². The van der Waals surface area contributed by atoms with Gasteiger partial charge in [-0.05, 0) is 31.4 Å². The Morgan fingerprint density at radius 3 is 0.886 bits per heavy atom. The van der Waals surface area contributed by atoms with Crippen molar-refractivity contribution >= 4 is 112 Å². The number of nitrogens with two attached hydrogens (primary N) is 2. The van der Waals surface area contributed by atoms with Gasteiger partial charge in [-0.3, -0.25) is 43.6 Å². The minimum atomic E-state index is -1.55. The van der Waals surface area contributed by atoms with E-state index in [2.05, 4.69) is 42.6 Å². The van der Waals surface area contributed by atoms with Crippen molar-refractivity contribution in [2.45, 2.75) is 145 Å². The van der Waals surface area contributed by atoms with Crippen molar-refractivity contribution in [3.63, 3.8) is 0 Å². The van der Waals surface area contributed by atoms with Crippen LogP contribution in [0.5, 0.6) is 0 Å². The summed E-state index contributed by atoms with van der Waals surface area (Å²) in [6.45, 7) is 1.23. The summed E-state index contributed by atoms with van der Waals surface area (Å²) in [6, 6.07) is 2.03. The number of hydrogen-bond donors (Lipinski definition) is 24. The molecule has 0 radical (unpaired) electrons. The number of aliphatic hydroxyl groups is 16. The fraction of sp³-hybridized carbons (Fsp3) is 0.864. The molecule has 26 N–H and O–H groups in total. The molecule has 0 aliphatic carbocycles. The summed E-state index contributed by atoms with van der Waals surface area (Å²) >= 11 is 6.65. The maximum absolute atomic E-state index is 12.5. The molecule has 4 rings (SSSR count).